The van der Waals surface area contributed by atoms with E-state index in [9.17, 15) is 19.5 Å². The molecule has 0 spiro atoms. The molecular formula is C17H31O4P. The van der Waals surface area contributed by atoms with Crippen LogP contribution < -0.4 is 0 Å². The number of hydrogen-bond acceptors (Lipinski definition) is 2. The van der Waals surface area contributed by atoms with Gasteiger partial charge in [-0.15, -0.1) is 0 Å². The summed E-state index contributed by atoms with van der Waals surface area (Å²) >= 11 is 0. The van der Waals surface area contributed by atoms with E-state index in [0.29, 0.717) is 0 Å². The van der Waals surface area contributed by atoms with Crippen molar-refractivity contribution in [3.05, 3.63) is 23.3 Å². The highest BCUT2D eigenvalue weighted by molar-refractivity contribution is 7.52. The fraction of sp³-hybridized carbons (Fsp3) is 0.765. The Kier molecular flexibility index (Phi) is 5.27. The number of hydrogen-bond donors (Lipinski definition) is 3. The van der Waals surface area contributed by atoms with Crippen LogP contribution in [-0.4, -0.2) is 26.2 Å². The topological polar surface area (TPSA) is 77.8 Å². The molecule has 2 unspecified atom stereocenters. The Balaban J connectivity index is 3.48. The summed E-state index contributed by atoms with van der Waals surface area (Å²) in [6, 6.07) is 0. The standard InChI is InChI=1S/C17H31O4P/c1-8-14(22(19,20)21)17(18)10-12(15(2,3)4)9-13(11-17)16(5,6)7/h9-10,14,18H,8,11H2,1-7H3,(H2,19,20,21). The minimum absolute atomic E-state index is 0.161. The number of aliphatic hydroxyl groups is 1. The Hall–Kier alpha value is -0.410. The highest BCUT2D eigenvalue weighted by atomic mass is 31.2. The second kappa shape index (κ2) is 5.90. The molecule has 3 N–H and O–H groups in total. The zero-order valence-corrected chi connectivity index (χ0v) is 15.7. The van der Waals surface area contributed by atoms with Gasteiger partial charge in [-0.3, -0.25) is 4.57 Å². The third kappa shape index (κ3) is 4.32. The van der Waals surface area contributed by atoms with Gasteiger partial charge < -0.3 is 14.9 Å². The minimum Gasteiger partial charge on any atom is -0.384 e. The van der Waals surface area contributed by atoms with Crippen LogP contribution in [0, 0.1) is 10.8 Å². The predicted molar refractivity (Wildman–Crippen MR) is 90.8 cm³/mol. The lowest BCUT2D eigenvalue weighted by molar-refractivity contribution is 0.0674. The molecule has 128 valence electrons. The predicted octanol–water partition coefficient (Wildman–Crippen LogP) is 4.02. The van der Waals surface area contributed by atoms with Gasteiger partial charge in [0.1, 0.15) is 5.60 Å². The van der Waals surface area contributed by atoms with E-state index in [-0.39, 0.29) is 23.7 Å². The average molecular weight is 330 g/mol. The minimum atomic E-state index is -4.39. The van der Waals surface area contributed by atoms with Crippen molar-refractivity contribution in [2.75, 3.05) is 0 Å². The molecule has 0 bridgehead atoms. The van der Waals surface area contributed by atoms with E-state index in [0.717, 1.165) is 11.1 Å². The van der Waals surface area contributed by atoms with Crippen LogP contribution in [-0.2, 0) is 4.57 Å². The lowest BCUT2D eigenvalue weighted by atomic mass is 9.70. The summed E-state index contributed by atoms with van der Waals surface area (Å²) in [5, 5.41) is 11.1. The van der Waals surface area contributed by atoms with Crippen LogP contribution in [0.5, 0.6) is 0 Å². The summed E-state index contributed by atoms with van der Waals surface area (Å²) in [7, 11) is -4.39. The van der Waals surface area contributed by atoms with Crippen LogP contribution in [0.15, 0.2) is 23.3 Å². The van der Waals surface area contributed by atoms with Crippen molar-refractivity contribution >= 4 is 7.60 Å². The van der Waals surface area contributed by atoms with E-state index >= 15 is 0 Å². The first-order chi connectivity index (χ1) is 9.61. The summed E-state index contributed by atoms with van der Waals surface area (Å²) < 4.78 is 11.9. The van der Waals surface area contributed by atoms with Crippen LogP contribution >= 0.6 is 7.60 Å². The van der Waals surface area contributed by atoms with Gasteiger partial charge in [0.2, 0.25) is 0 Å². The van der Waals surface area contributed by atoms with Gasteiger partial charge in [0.25, 0.3) is 0 Å². The maximum Gasteiger partial charge on any atom is 0.331 e. The van der Waals surface area contributed by atoms with E-state index in [1.165, 1.54) is 0 Å². The molecule has 0 saturated heterocycles. The Labute approximate surface area is 134 Å². The maximum atomic E-state index is 11.9. The molecule has 0 saturated carbocycles. The van der Waals surface area contributed by atoms with Gasteiger partial charge >= 0.3 is 7.60 Å². The highest BCUT2D eigenvalue weighted by Gasteiger charge is 2.47. The van der Waals surface area contributed by atoms with Crippen molar-refractivity contribution in [3.63, 3.8) is 0 Å². The molecule has 1 aliphatic rings. The number of rotatable bonds is 3. The summed E-state index contributed by atoms with van der Waals surface area (Å²) in [6.45, 7) is 14.0. The molecule has 5 heteroatoms. The van der Waals surface area contributed by atoms with E-state index in [1.54, 1.807) is 13.0 Å². The summed E-state index contributed by atoms with van der Waals surface area (Å²) in [5.74, 6) is 0. The normalized spacial score (nSPS) is 25.5. The zero-order chi connectivity index (χ0) is 17.6. The largest absolute Gasteiger partial charge is 0.384 e. The van der Waals surface area contributed by atoms with Crippen molar-refractivity contribution in [3.8, 4) is 0 Å². The lowest BCUT2D eigenvalue weighted by Gasteiger charge is -2.42. The van der Waals surface area contributed by atoms with Crippen LogP contribution in [0.4, 0.5) is 0 Å². The van der Waals surface area contributed by atoms with Crippen molar-refractivity contribution in [1.82, 2.24) is 0 Å². The average Bonchev–Trinajstić information content (AvgIpc) is 2.23. The molecule has 1 rings (SSSR count). The Bertz CT molecular complexity index is 528. The fourth-order valence-corrected chi connectivity index (χ4v) is 4.14. The molecule has 22 heavy (non-hydrogen) atoms. The van der Waals surface area contributed by atoms with Gasteiger partial charge in [-0.2, -0.15) is 0 Å². The summed E-state index contributed by atoms with van der Waals surface area (Å²) in [6.07, 6.45) is 4.25. The second-order valence-electron chi connectivity index (χ2n) is 8.45. The summed E-state index contributed by atoms with van der Waals surface area (Å²) in [5.41, 5.74) is -0.992. The maximum absolute atomic E-state index is 11.9. The molecular weight excluding hydrogens is 299 g/mol. The van der Waals surface area contributed by atoms with E-state index in [2.05, 4.69) is 26.8 Å². The van der Waals surface area contributed by atoms with Crippen LogP contribution in [0.3, 0.4) is 0 Å². The van der Waals surface area contributed by atoms with Gasteiger partial charge in [-0.05, 0) is 28.9 Å². The van der Waals surface area contributed by atoms with Gasteiger partial charge in [0, 0.05) is 6.42 Å². The third-order valence-corrected chi connectivity index (χ3v) is 6.03. The quantitative estimate of drug-likeness (QED) is 0.683. The first-order valence-corrected chi connectivity index (χ1v) is 9.51. The second-order valence-corrected chi connectivity index (χ2v) is 10.3. The Morgan fingerprint density at radius 3 is 2.00 bits per heavy atom. The van der Waals surface area contributed by atoms with Crippen LogP contribution in [0.25, 0.3) is 0 Å². The van der Waals surface area contributed by atoms with Gasteiger partial charge in [0.15, 0.2) is 0 Å². The van der Waals surface area contributed by atoms with Crippen molar-refractivity contribution in [1.29, 1.82) is 0 Å². The Morgan fingerprint density at radius 1 is 1.18 bits per heavy atom. The van der Waals surface area contributed by atoms with Gasteiger partial charge in [-0.1, -0.05) is 60.1 Å². The molecule has 0 aromatic rings. The molecule has 0 amide bonds. The molecule has 4 nitrogen and oxygen atoms in total. The molecule has 0 aromatic heterocycles. The van der Waals surface area contributed by atoms with E-state index in [4.69, 9.17) is 0 Å². The third-order valence-electron chi connectivity index (χ3n) is 4.41. The van der Waals surface area contributed by atoms with Gasteiger partial charge in [0.05, 0.1) is 5.66 Å². The Morgan fingerprint density at radius 2 is 1.68 bits per heavy atom. The summed E-state index contributed by atoms with van der Waals surface area (Å²) in [4.78, 5) is 19.4. The highest BCUT2D eigenvalue weighted by Crippen LogP contribution is 2.53. The van der Waals surface area contributed by atoms with Crippen molar-refractivity contribution in [2.45, 2.75) is 72.6 Å². The van der Waals surface area contributed by atoms with Crippen LogP contribution in [0.2, 0.25) is 0 Å². The first-order valence-electron chi connectivity index (χ1n) is 7.83. The van der Waals surface area contributed by atoms with Gasteiger partial charge in [-0.25, -0.2) is 0 Å². The van der Waals surface area contributed by atoms with E-state index < -0.39 is 18.9 Å². The monoisotopic (exact) mass is 330 g/mol. The smallest absolute Gasteiger partial charge is 0.331 e. The molecule has 0 heterocycles. The molecule has 0 radical (unpaired) electrons. The lowest BCUT2D eigenvalue weighted by Crippen LogP contribution is -2.44. The molecule has 0 aromatic carbocycles. The fourth-order valence-electron chi connectivity index (χ4n) is 2.92. The molecule has 0 aliphatic heterocycles. The van der Waals surface area contributed by atoms with Crippen LogP contribution in [0.1, 0.15) is 61.3 Å². The molecule has 1 aliphatic carbocycles. The van der Waals surface area contributed by atoms with E-state index in [1.807, 2.05) is 20.8 Å². The first kappa shape index (κ1) is 19.6. The molecule has 2 atom stereocenters. The van der Waals surface area contributed by atoms with Crippen molar-refractivity contribution < 1.29 is 19.5 Å². The van der Waals surface area contributed by atoms with Crippen molar-refractivity contribution in [2.24, 2.45) is 10.8 Å². The number of allylic oxidation sites excluding steroid dienone is 2. The SMILES string of the molecule is CCC(C1(O)C=C(C(C)(C)C)C=C(C(C)(C)C)C1)P(=O)(O)O. The molecule has 0 fully saturated rings. The zero-order valence-electron chi connectivity index (χ0n) is 14.8.